The van der Waals surface area contributed by atoms with Crippen molar-refractivity contribution in [3.63, 3.8) is 0 Å². The number of pyridine rings is 1. The predicted octanol–water partition coefficient (Wildman–Crippen LogP) is 3.75. The van der Waals surface area contributed by atoms with Gasteiger partial charge in [0.2, 0.25) is 5.78 Å². The van der Waals surface area contributed by atoms with Gasteiger partial charge in [0.05, 0.1) is 11.2 Å². The van der Waals surface area contributed by atoms with E-state index >= 15 is 0 Å². The van der Waals surface area contributed by atoms with Crippen LogP contribution in [0.3, 0.4) is 0 Å². The highest BCUT2D eigenvalue weighted by Gasteiger charge is 2.18. The Labute approximate surface area is 166 Å². The number of imidazole rings is 1. The van der Waals surface area contributed by atoms with Crippen LogP contribution < -0.4 is 4.72 Å². The summed E-state index contributed by atoms with van der Waals surface area (Å²) in [6.07, 6.45) is 7.02. The van der Waals surface area contributed by atoms with Gasteiger partial charge in [0, 0.05) is 41.4 Å². The van der Waals surface area contributed by atoms with E-state index in [0.29, 0.717) is 17.0 Å². The third kappa shape index (κ3) is 3.19. The maximum absolute atomic E-state index is 12.9. The van der Waals surface area contributed by atoms with Crippen molar-refractivity contribution in [2.75, 3.05) is 4.72 Å². The Morgan fingerprint density at radius 3 is 2.48 bits per heavy atom. The molecule has 0 atom stereocenters. The van der Waals surface area contributed by atoms with Crippen molar-refractivity contribution in [3.05, 3.63) is 85.5 Å². The molecule has 0 aliphatic heterocycles. The van der Waals surface area contributed by atoms with Crippen molar-refractivity contribution in [2.45, 2.75) is 4.90 Å². The molecule has 2 aromatic carbocycles. The maximum Gasteiger partial charge on any atom is 0.264 e. The van der Waals surface area contributed by atoms with Crippen molar-refractivity contribution >= 4 is 32.4 Å². The van der Waals surface area contributed by atoms with Gasteiger partial charge < -0.3 is 0 Å². The summed E-state index contributed by atoms with van der Waals surface area (Å²) in [5.41, 5.74) is 2.53. The maximum atomic E-state index is 12.9. The third-order valence-electron chi connectivity index (χ3n) is 4.55. The number of hydrogen-bond donors (Lipinski definition) is 1. The van der Waals surface area contributed by atoms with Crippen molar-refractivity contribution < 1.29 is 8.42 Å². The van der Waals surface area contributed by atoms with E-state index in [4.69, 9.17) is 0 Å². The molecule has 0 spiro atoms. The van der Waals surface area contributed by atoms with Crippen LogP contribution in [0.2, 0.25) is 0 Å². The van der Waals surface area contributed by atoms with Crippen LogP contribution in [0.25, 0.3) is 27.9 Å². The monoisotopic (exact) mass is 401 g/mol. The van der Waals surface area contributed by atoms with Gasteiger partial charge >= 0.3 is 0 Å². The van der Waals surface area contributed by atoms with E-state index < -0.39 is 10.0 Å². The normalized spacial score (nSPS) is 11.7. The molecule has 5 rings (SSSR count). The number of nitrogens with zero attached hydrogens (tertiary/aromatic N) is 4. The van der Waals surface area contributed by atoms with E-state index in [9.17, 15) is 8.42 Å². The van der Waals surface area contributed by atoms with Crippen LogP contribution in [0.5, 0.6) is 0 Å². The number of rotatable bonds is 4. The summed E-state index contributed by atoms with van der Waals surface area (Å²) in [5.74, 6) is 0.607. The van der Waals surface area contributed by atoms with Gasteiger partial charge in [-0.1, -0.05) is 30.3 Å². The van der Waals surface area contributed by atoms with Gasteiger partial charge in [-0.25, -0.2) is 18.4 Å². The Bertz CT molecular complexity index is 1410. The van der Waals surface area contributed by atoms with E-state index in [1.54, 1.807) is 42.7 Å². The van der Waals surface area contributed by atoms with E-state index in [0.717, 1.165) is 16.6 Å². The first kappa shape index (κ1) is 17.3. The highest BCUT2D eigenvalue weighted by atomic mass is 32.2. The average molecular weight is 401 g/mol. The fraction of sp³-hybridized carbons (Fsp3) is 0. The molecule has 7 nitrogen and oxygen atoms in total. The Balaban J connectivity index is 1.45. The number of fused-ring (bicyclic) bond motifs is 2. The lowest BCUT2D eigenvalue weighted by Gasteiger charge is -2.10. The van der Waals surface area contributed by atoms with Crippen LogP contribution in [-0.2, 0) is 10.0 Å². The van der Waals surface area contributed by atoms with Crippen LogP contribution in [-0.4, -0.2) is 27.8 Å². The molecule has 142 valence electrons. The third-order valence-corrected chi connectivity index (χ3v) is 5.97. The Morgan fingerprint density at radius 1 is 0.862 bits per heavy atom. The quantitative estimate of drug-likeness (QED) is 0.495. The van der Waals surface area contributed by atoms with Crippen LogP contribution in [0, 0.1) is 0 Å². The second-order valence-electron chi connectivity index (χ2n) is 6.47. The summed E-state index contributed by atoms with van der Waals surface area (Å²) in [6, 6.07) is 17.6. The molecule has 0 bridgehead atoms. The van der Waals surface area contributed by atoms with Gasteiger partial charge in [0.15, 0.2) is 0 Å². The molecule has 3 aromatic heterocycles. The molecule has 0 unspecified atom stereocenters. The second-order valence-corrected chi connectivity index (χ2v) is 8.12. The largest absolute Gasteiger partial charge is 0.291 e. The molecule has 8 heteroatoms. The van der Waals surface area contributed by atoms with E-state index in [1.165, 1.54) is 0 Å². The standard InChI is InChI=1S/C21H15N5O2S/c27-29(28,19-6-1-4-16-5-2-11-22-20(16)19)25-17-9-7-15(8-10-17)18-14-26-13-3-12-23-21(26)24-18/h1-14,25H. The minimum Gasteiger partial charge on any atom is -0.291 e. The predicted molar refractivity (Wildman–Crippen MR) is 111 cm³/mol. The molecule has 0 radical (unpaired) electrons. The lowest BCUT2D eigenvalue weighted by Crippen LogP contribution is -2.13. The zero-order valence-electron chi connectivity index (χ0n) is 15.1. The summed E-state index contributed by atoms with van der Waals surface area (Å²) < 4.78 is 30.3. The van der Waals surface area contributed by atoms with Gasteiger partial charge in [0.25, 0.3) is 10.0 Å². The highest BCUT2D eigenvalue weighted by Crippen LogP contribution is 2.25. The Kier molecular flexibility index (Phi) is 3.99. The highest BCUT2D eigenvalue weighted by molar-refractivity contribution is 7.93. The fourth-order valence-corrected chi connectivity index (χ4v) is 4.42. The molecule has 29 heavy (non-hydrogen) atoms. The number of anilines is 1. The van der Waals surface area contributed by atoms with Gasteiger partial charge in [-0.15, -0.1) is 0 Å². The molecule has 3 heterocycles. The molecule has 5 aromatic rings. The first-order valence-corrected chi connectivity index (χ1v) is 10.4. The van der Waals surface area contributed by atoms with Crippen LogP contribution in [0.1, 0.15) is 0 Å². The van der Waals surface area contributed by atoms with Crippen molar-refractivity contribution in [2.24, 2.45) is 0 Å². The summed E-state index contributed by atoms with van der Waals surface area (Å²) in [7, 11) is -3.78. The van der Waals surface area contributed by atoms with Gasteiger partial charge in [-0.05, 0) is 30.3 Å². The van der Waals surface area contributed by atoms with Gasteiger partial charge in [-0.2, -0.15) is 0 Å². The van der Waals surface area contributed by atoms with Crippen LogP contribution in [0.15, 0.2) is 90.3 Å². The van der Waals surface area contributed by atoms with E-state index in [1.807, 2.05) is 47.1 Å². The summed E-state index contributed by atoms with van der Waals surface area (Å²) in [4.78, 5) is 13.1. The van der Waals surface area contributed by atoms with Crippen LogP contribution in [0.4, 0.5) is 5.69 Å². The topological polar surface area (TPSA) is 89.2 Å². The number of hydrogen-bond acceptors (Lipinski definition) is 5. The lowest BCUT2D eigenvalue weighted by molar-refractivity contribution is 0.602. The smallest absolute Gasteiger partial charge is 0.264 e. The summed E-state index contributed by atoms with van der Waals surface area (Å²) in [6.45, 7) is 0. The number of para-hydroxylation sites is 1. The summed E-state index contributed by atoms with van der Waals surface area (Å²) in [5, 5.41) is 0.770. The molecule has 0 saturated heterocycles. The number of nitrogens with one attached hydrogen (secondary N) is 1. The first-order valence-electron chi connectivity index (χ1n) is 8.87. The first-order chi connectivity index (χ1) is 14.1. The van der Waals surface area contributed by atoms with Crippen molar-refractivity contribution in [1.82, 2.24) is 19.4 Å². The van der Waals surface area contributed by atoms with Crippen molar-refractivity contribution in [1.29, 1.82) is 0 Å². The minimum atomic E-state index is -3.78. The van der Waals surface area contributed by atoms with E-state index in [2.05, 4.69) is 19.7 Å². The van der Waals surface area contributed by atoms with Gasteiger partial charge in [0.1, 0.15) is 4.90 Å². The fourth-order valence-electron chi connectivity index (χ4n) is 3.18. The molecular weight excluding hydrogens is 386 g/mol. The zero-order chi connectivity index (χ0) is 19.8. The number of sulfonamides is 1. The average Bonchev–Trinajstić information content (AvgIpc) is 3.18. The molecule has 1 N–H and O–H groups in total. The Hall–Kier alpha value is -3.78. The second kappa shape index (κ2) is 6.68. The SMILES string of the molecule is O=S(=O)(Nc1ccc(-c2cn3cccnc3n2)cc1)c1cccc2cccnc12. The molecule has 0 aliphatic rings. The Morgan fingerprint density at radius 2 is 1.66 bits per heavy atom. The molecule has 0 fully saturated rings. The molecular formula is C21H15N5O2S. The molecule has 0 saturated carbocycles. The number of benzene rings is 2. The molecule has 0 aliphatic carbocycles. The lowest BCUT2D eigenvalue weighted by atomic mass is 10.1. The van der Waals surface area contributed by atoms with Gasteiger partial charge in [-0.3, -0.25) is 14.1 Å². The van der Waals surface area contributed by atoms with Crippen molar-refractivity contribution in [3.8, 4) is 11.3 Å². The zero-order valence-corrected chi connectivity index (χ0v) is 15.9. The number of aromatic nitrogens is 4. The minimum absolute atomic E-state index is 0.145. The van der Waals surface area contributed by atoms with Crippen LogP contribution >= 0.6 is 0 Å². The summed E-state index contributed by atoms with van der Waals surface area (Å²) >= 11 is 0. The molecule has 0 amide bonds. The van der Waals surface area contributed by atoms with E-state index in [-0.39, 0.29) is 4.90 Å².